The fourth-order valence-corrected chi connectivity index (χ4v) is 1.60. The van der Waals surface area contributed by atoms with E-state index < -0.39 is 11.8 Å². The predicted octanol–water partition coefficient (Wildman–Crippen LogP) is 2.17. The molecule has 2 aromatic rings. The SMILES string of the molecule is COC(=O)c1ccc(N)c(OCc2cncc(F)c2)c1. The van der Waals surface area contributed by atoms with Gasteiger partial charge in [0.15, 0.2) is 0 Å². The number of carbonyl (C=O) groups is 1. The summed E-state index contributed by atoms with van der Waals surface area (Å²) in [6, 6.07) is 5.88. The molecule has 0 atom stereocenters. The third kappa shape index (κ3) is 3.23. The number of anilines is 1. The molecule has 6 heteroatoms. The van der Waals surface area contributed by atoms with Crippen LogP contribution >= 0.6 is 0 Å². The van der Waals surface area contributed by atoms with Crippen molar-refractivity contribution in [3.05, 3.63) is 53.6 Å². The van der Waals surface area contributed by atoms with Crippen LogP contribution in [0.1, 0.15) is 15.9 Å². The van der Waals surface area contributed by atoms with Gasteiger partial charge in [0, 0.05) is 11.8 Å². The number of benzene rings is 1. The molecule has 0 radical (unpaired) electrons. The van der Waals surface area contributed by atoms with Crippen LogP contribution in [0, 0.1) is 5.82 Å². The molecule has 1 aromatic carbocycles. The first-order valence-corrected chi connectivity index (χ1v) is 5.80. The van der Waals surface area contributed by atoms with Crippen molar-refractivity contribution in [2.24, 2.45) is 0 Å². The number of aromatic nitrogens is 1. The Hall–Kier alpha value is -2.63. The number of ether oxygens (including phenoxy) is 2. The number of nitrogen functional groups attached to an aromatic ring is 1. The van der Waals surface area contributed by atoms with Crippen molar-refractivity contribution in [2.75, 3.05) is 12.8 Å². The monoisotopic (exact) mass is 276 g/mol. The van der Waals surface area contributed by atoms with Gasteiger partial charge in [-0.3, -0.25) is 4.98 Å². The Bertz CT molecular complexity index is 632. The van der Waals surface area contributed by atoms with E-state index in [-0.39, 0.29) is 6.61 Å². The first-order valence-electron chi connectivity index (χ1n) is 5.80. The largest absolute Gasteiger partial charge is 0.487 e. The van der Waals surface area contributed by atoms with E-state index in [1.165, 1.54) is 31.5 Å². The summed E-state index contributed by atoms with van der Waals surface area (Å²) < 4.78 is 23.1. The first-order chi connectivity index (χ1) is 9.60. The molecule has 0 aliphatic carbocycles. The van der Waals surface area contributed by atoms with Crippen LogP contribution in [0.2, 0.25) is 0 Å². The zero-order chi connectivity index (χ0) is 14.5. The summed E-state index contributed by atoms with van der Waals surface area (Å²) in [5.74, 6) is -0.596. The van der Waals surface area contributed by atoms with Crippen molar-refractivity contribution in [1.82, 2.24) is 4.98 Å². The maximum Gasteiger partial charge on any atom is 0.337 e. The predicted molar refractivity (Wildman–Crippen MR) is 70.7 cm³/mol. The van der Waals surface area contributed by atoms with Crippen molar-refractivity contribution in [1.29, 1.82) is 0 Å². The van der Waals surface area contributed by atoms with Crippen molar-refractivity contribution in [3.8, 4) is 5.75 Å². The molecule has 0 fully saturated rings. The Labute approximate surface area is 115 Å². The van der Waals surface area contributed by atoms with Crippen molar-refractivity contribution < 1.29 is 18.7 Å². The summed E-state index contributed by atoms with van der Waals surface area (Å²) in [6.45, 7) is 0.0968. The molecule has 104 valence electrons. The summed E-state index contributed by atoms with van der Waals surface area (Å²) in [7, 11) is 1.29. The fraction of sp³-hybridized carbons (Fsp3) is 0.143. The van der Waals surface area contributed by atoms with E-state index in [0.29, 0.717) is 22.6 Å². The molecule has 0 aliphatic rings. The number of carbonyl (C=O) groups excluding carboxylic acids is 1. The number of halogens is 1. The van der Waals surface area contributed by atoms with Gasteiger partial charge in [0.05, 0.1) is 24.6 Å². The van der Waals surface area contributed by atoms with Crippen LogP contribution in [0.25, 0.3) is 0 Å². The van der Waals surface area contributed by atoms with Crippen LogP contribution in [0.15, 0.2) is 36.7 Å². The lowest BCUT2D eigenvalue weighted by Crippen LogP contribution is -2.04. The van der Waals surface area contributed by atoms with Gasteiger partial charge in [-0.15, -0.1) is 0 Å². The highest BCUT2D eigenvalue weighted by Crippen LogP contribution is 2.24. The Morgan fingerprint density at radius 3 is 2.85 bits per heavy atom. The lowest BCUT2D eigenvalue weighted by atomic mass is 10.2. The third-order valence-electron chi connectivity index (χ3n) is 2.59. The quantitative estimate of drug-likeness (QED) is 0.684. The number of nitrogens with zero attached hydrogens (tertiary/aromatic N) is 1. The van der Waals surface area contributed by atoms with Crippen LogP contribution in [0.3, 0.4) is 0 Å². The maximum absolute atomic E-state index is 13.0. The van der Waals surface area contributed by atoms with E-state index in [1.54, 1.807) is 6.07 Å². The average Bonchev–Trinajstić information content (AvgIpc) is 2.45. The molecule has 0 aliphatic heterocycles. The van der Waals surface area contributed by atoms with Gasteiger partial charge in [-0.2, -0.15) is 0 Å². The number of nitrogens with two attached hydrogens (primary N) is 1. The van der Waals surface area contributed by atoms with Gasteiger partial charge in [0.1, 0.15) is 18.2 Å². The van der Waals surface area contributed by atoms with Crippen LogP contribution < -0.4 is 10.5 Å². The van der Waals surface area contributed by atoms with Crippen LogP contribution in [-0.2, 0) is 11.3 Å². The number of rotatable bonds is 4. The first kappa shape index (κ1) is 13.8. The number of esters is 1. The Kier molecular flexibility index (Phi) is 4.14. The topological polar surface area (TPSA) is 74.4 Å². The average molecular weight is 276 g/mol. The van der Waals surface area contributed by atoms with E-state index in [9.17, 15) is 9.18 Å². The van der Waals surface area contributed by atoms with E-state index >= 15 is 0 Å². The molecule has 0 spiro atoms. The molecule has 20 heavy (non-hydrogen) atoms. The smallest absolute Gasteiger partial charge is 0.337 e. The Balaban J connectivity index is 2.14. The number of hydrogen-bond donors (Lipinski definition) is 1. The van der Waals surface area contributed by atoms with Gasteiger partial charge < -0.3 is 15.2 Å². The molecular weight excluding hydrogens is 263 g/mol. The van der Waals surface area contributed by atoms with Gasteiger partial charge in [-0.25, -0.2) is 9.18 Å². The zero-order valence-electron chi connectivity index (χ0n) is 10.8. The fourth-order valence-electron chi connectivity index (χ4n) is 1.60. The van der Waals surface area contributed by atoms with Gasteiger partial charge in [0.2, 0.25) is 0 Å². The highest BCUT2D eigenvalue weighted by Gasteiger charge is 2.09. The molecule has 0 saturated carbocycles. The standard InChI is InChI=1S/C14H13FN2O3/c1-19-14(18)10-2-3-12(16)13(5-10)20-8-9-4-11(15)7-17-6-9/h2-7H,8,16H2,1H3. The summed E-state index contributed by atoms with van der Waals surface area (Å²) in [4.78, 5) is 15.1. The molecule has 0 amide bonds. The van der Waals surface area contributed by atoms with Crippen LogP contribution in [0.5, 0.6) is 5.75 Å². The van der Waals surface area contributed by atoms with Crippen LogP contribution in [0.4, 0.5) is 10.1 Å². The minimum atomic E-state index is -0.484. The van der Waals surface area contributed by atoms with Crippen molar-refractivity contribution in [3.63, 3.8) is 0 Å². The highest BCUT2D eigenvalue weighted by molar-refractivity contribution is 5.90. The molecule has 1 aromatic heterocycles. The van der Waals surface area contributed by atoms with Crippen molar-refractivity contribution in [2.45, 2.75) is 6.61 Å². The summed E-state index contributed by atoms with van der Waals surface area (Å²) in [5.41, 5.74) is 7.03. The lowest BCUT2D eigenvalue weighted by molar-refractivity contribution is 0.0600. The molecule has 5 nitrogen and oxygen atoms in total. The summed E-state index contributed by atoms with van der Waals surface area (Å²) in [5, 5.41) is 0. The molecule has 0 bridgehead atoms. The molecule has 2 N–H and O–H groups in total. The van der Waals surface area contributed by atoms with Crippen molar-refractivity contribution >= 4 is 11.7 Å². The van der Waals surface area contributed by atoms with E-state index in [1.807, 2.05) is 0 Å². The second-order valence-electron chi connectivity index (χ2n) is 4.04. The van der Waals surface area contributed by atoms with Gasteiger partial charge in [0.25, 0.3) is 0 Å². The van der Waals surface area contributed by atoms with Gasteiger partial charge >= 0.3 is 5.97 Å². The molecule has 1 heterocycles. The number of hydrogen-bond acceptors (Lipinski definition) is 5. The second kappa shape index (κ2) is 6.01. The molecule has 0 unspecified atom stereocenters. The second-order valence-corrected chi connectivity index (χ2v) is 4.04. The third-order valence-corrected chi connectivity index (χ3v) is 2.59. The molecular formula is C14H13FN2O3. The maximum atomic E-state index is 13.0. The van der Waals surface area contributed by atoms with E-state index in [2.05, 4.69) is 9.72 Å². The zero-order valence-corrected chi connectivity index (χ0v) is 10.8. The summed E-state index contributed by atoms with van der Waals surface area (Å²) in [6.07, 6.45) is 2.60. The normalized spacial score (nSPS) is 10.1. The highest BCUT2D eigenvalue weighted by atomic mass is 19.1. The van der Waals surface area contributed by atoms with E-state index in [4.69, 9.17) is 10.5 Å². The minimum Gasteiger partial charge on any atom is -0.487 e. The Morgan fingerprint density at radius 1 is 1.35 bits per heavy atom. The van der Waals surface area contributed by atoms with Crippen LogP contribution in [-0.4, -0.2) is 18.1 Å². The number of pyridine rings is 1. The van der Waals surface area contributed by atoms with Gasteiger partial charge in [-0.05, 0) is 24.3 Å². The minimum absolute atomic E-state index is 0.0968. The molecule has 2 rings (SSSR count). The number of methoxy groups -OCH3 is 1. The Morgan fingerprint density at radius 2 is 2.15 bits per heavy atom. The molecule has 0 saturated heterocycles. The van der Waals surface area contributed by atoms with E-state index in [0.717, 1.165) is 6.20 Å². The van der Waals surface area contributed by atoms with Gasteiger partial charge in [-0.1, -0.05) is 0 Å². The summed E-state index contributed by atoms with van der Waals surface area (Å²) >= 11 is 0. The lowest BCUT2D eigenvalue weighted by Gasteiger charge is -2.10.